The van der Waals surface area contributed by atoms with E-state index in [4.69, 9.17) is 4.98 Å². The van der Waals surface area contributed by atoms with Crippen molar-refractivity contribution in [1.29, 1.82) is 0 Å². The van der Waals surface area contributed by atoms with Gasteiger partial charge in [0.05, 0.1) is 5.52 Å². The first-order valence-corrected chi connectivity index (χ1v) is 8.48. The second-order valence-corrected chi connectivity index (χ2v) is 6.54. The van der Waals surface area contributed by atoms with Gasteiger partial charge in [-0.25, -0.2) is 4.98 Å². The third-order valence-corrected chi connectivity index (χ3v) is 4.75. The van der Waals surface area contributed by atoms with Gasteiger partial charge in [0.25, 0.3) is 0 Å². The Morgan fingerprint density at radius 2 is 1.78 bits per heavy atom. The van der Waals surface area contributed by atoms with Crippen LogP contribution in [0.25, 0.3) is 27.3 Å². The van der Waals surface area contributed by atoms with Crippen molar-refractivity contribution in [1.82, 2.24) is 9.38 Å². The number of unbranched alkanes of at least 4 members (excludes halogenated alkanes) is 1. The fourth-order valence-electron chi connectivity index (χ4n) is 3.74. The van der Waals surface area contributed by atoms with Crippen LogP contribution in [0.2, 0.25) is 0 Å². The van der Waals surface area contributed by atoms with E-state index >= 15 is 0 Å². The van der Waals surface area contributed by atoms with Gasteiger partial charge in [-0.2, -0.15) is 0 Å². The third-order valence-electron chi connectivity index (χ3n) is 4.75. The number of imidazole rings is 1. The Morgan fingerprint density at radius 1 is 1.00 bits per heavy atom. The standard InChI is InChI=1S/C21H22N2/c1-4-5-8-16-13-22-21-18-10-7-6-9-17(18)19-12-14(2)11-15(3)20(19)23(16)21/h6-7,9-13H,4-5,8H2,1-3H3. The summed E-state index contributed by atoms with van der Waals surface area (Å²) in [5.41, 5.74) is 6.37. The number of aryl methyl sites for hydroxylation is 3. The summed E-state index contributed by atoms with van der Waals surface area (Å²) in [6, 6.07) is 13.2. The van der Waals surface area contributed by atoms with Crippen molar-refractivity contribution in [3.05, 3.63) is 59.4 Å². The smallest absolute Gasteiger partial charge is 0.145 e. The predicted molar refractivity (Wildman–Crippen MR) is 98.3 cm³/mol. The summed E-state index contributed by atoms with van der Waals surface area (Å²) in [5.74, 6) is 0. The largest absolute Gasteiger partial charge is 0.296 e. The molecular formula is C21H22N2. The lowest BCUT2D eigenvalue weighted by atomic mass is 10.0. The lowest BCUT2D eigenvalue weighted by molar-refractivity contribution is 0.774. The first-order chi connectivity index (χ1) is 11.2. The Hall–Kier alpha value is -2.35. The number of benzene rings is 2. The monoisotopic (exact) mass is 302 g/mol. The average molecular weight is 302 g/mol. The van der Waals surface area contributed by atoms with Gasteiger partial charge in [0, 0.05) is 22.7 Å². The minimum atomic E-state index is 1.08. The van der Waals surface area contributed by atoms with Gasteiger partial charge in [0.1, 0.15) is 5.65 Å². The first-order valence-electron chi connectivity index (χ1n) is 8.48. The van der Waals surface area contributed by atoms with Gasteiger partial charge in [-0.1, -0.05) is 49.2 Å². The molecule has 0 saturated heterocycles. The summed E-state index contributed by atoms with van der Waals surface area (Å²) in [7, 11) is 0. The van der Waals surface area contributed by atoms with E-state index in [1.54, 1.807) is 0 Å². The molecule has 2 nitrogen and oxygen atoms in total. The molecule has 116 valence electrons. The van der Waals surface area contributed by atoms with Gasteiger partial charge in [0.2, 0.25) is 0 Å². The molecule has 4 rings (SSSR count). The highest BCUT2D eigenvalue weighted by Crippen LogP contribution is 2.32. The van der Waals surface area contributed by atoms with Gasteiger partial charge in [-0.05, 0) is 43.7 Å². The molecule has 0 spiro atoms. The molecule has 0 fully saturated rings. The molecule has 0 atom stereocenters. The molecule has 0 aliphatic heterocycles. The van der Waals surface area contributed by atoms with E-state index in [-0.39, 0.29) is 0 Å². The van der Waals surface area contributed by atoms with Crippen molar-refractivity contribution < 1.29 is 0 Å². The number of nitrogens with zero attached hydrogens (tertiary/aromatic N) is 2. The van der Waals surface area contributed by atoms with Crippen molar-refractivity contribution in [2.75, 3.05) is 0 Å². The average Bonchev–Trinajstić information content (AvgIpc) is 2.96. The van der Waals surface area contributed by atoms with Crippen LogP contribution >= 0.6 is 0 Å². The second kappa shape index (κ2) is 5.38. The molecule has 0 amide bonds. The highest BCUT2D eigenvalue weighted by Gasteiger charge is 2.14. The second-order valence-electron chi connectivity index (χ2n) is 6.54. The van der Waals surface area contributed by atoms with Crippen molar-refractivity contribution in [3.63, 3.8) is 0 Å². The molecule has 0 radical (unpaired) electrons. The van der Waals surface area contributed by atoms with E-state index in [2.05, 4.69) is 67.8 Å². The first kappa shape index (κ1) is 14.3. The molecule has 2 heterocycles. The van der Waals surface area contributed by atoms with Crippen LogP contribution in [0.15, 0.2) is 42.6 Å². The zero-order chi connectivity index (χ0) is 16.0. The maximum absolute atomic E-state index is 4.78. The fourth-order valence-corrected chi connectivity index (χ4v) is 3.74. The van der Waals surface area contributed by atoms with Gasteiger partial charge < -0.3 is 0 Å². The van der Waals surface area contributed by atoms with Crippen LogP contribution in [0.5, 0.6) is 0 Å². The van der Waals surface area contributed by atoms with Crippen LogP contribution in [-0.2, 0) is 6.42 Å². The number of fused-ring (bicyclic) bond motifs is 6. The maximum Gasteiger partial charge on any atom is 0.145 e. The van der Waals surface area contributed by atoms with E-state index < -0.39 is 0 Å². The molecule has 2 heteroatoms. The topological polar surface area (TPSA) is 17.3 Å². The summed E-state index contributed by atoms with van der Waals surface area (Å²) < 4.78 is 2.39. The summed E-state index contributed by atoms with van der Waals surface area (Å²) in [5, 5.41) is 3.88. The van der Waals surface area contributed by atoms with Crippen molar-refractivity contribution in [2.45, 2.75) is 40.0 Å². The molecule has 0 bridgehead atoms. The SMILES string of the molecule is CCCCc1cnc2c3ccccc3c3cc(C)cc(C)c3n12. The van der Waals surface area contributed by atoms with Gasteiger partial charge in [0.15, 0.2) is 0 Å². The number of hydrogen-bond acceptors (Lipinski definition) is 1. The van der Waals surface area contributed by atoms with Crippen molar-refractivity contribution in [2.24, 2.45) is 0 Å². The van der Waals surface area contributed by atoms with Gasteiger partial charge >= 0.3 is 0 Å². The summed E-state index contributed by atoms with van der Waals surface area (Å²) >= 11 is 0. The third kappa shape index (κ3) is 2.13. The molecule has 0 aliphatic carbocycles. The Morgan fingerprint density at radius 3 is 2.57 bits per heavy atom. The predicted octanol–water partition coefficient (Wildman–Crippen LogP) is 5.60. The van der Waals surface area contributed by atoms with Crippen LogP contribution < -0.4 is 0 Å². The molecule has 0 saturated carbocycles. The fraction of sp³-hybridized carbons (Fsp3) is 0.286. The molecule has 2 aromatic carbocycles. The zero-order valence-electron chi connectivity index (χ0n) is 14.1. The van der Waals surface area contributed by atoms with E-state index in [1.807, 2.05) is 0 Å². The van der Waals surface area contributed by atoms with Gasteiger partial charge in [-0.15, -0.1) is 0 Å². The molecule has 0 aliphatic rings. The van der Waals surface area contributed by atoms with E-state index in [9.17, 15) is 0 Å². The minimum absolute atomic E-state index is 1.08. The van der Waals surface area contributed by atoms with E-state index in [1.165, 1.54) is 51.3 Å². The van der Waals surface area contributed by atoms with Crippen LogP contribution in [-0.4, -0.2) is 9.38 Å². The molecule has 2 aromatic heterocycles. The molecule has 0 N–H and O–H groups in total. The Bertz CT molecular complexity index is 1020. The Balaban J connectivity index is 2.24. The zero-order valence-corrected chi connectivity index (χ0v) is 14.1. The van der Waals surface area contributed by atoms with Crippen molar-refractivity contribution in [3.8, 4) is 0 Å². The molecular weight excluding hydrogens is 280 g/mol. The normalized spacial score (nSPS) is 11.8. The lowest BCUT2D eigenvalue weighted by Gasteiger charge is -2.13. The number of hydrogen-bond donors (Lipinski definition) is 0. The quantitative estimate of drug-likeness (QED) is 0.450. The minimum Gasteiger partial charge on any atom is -0.296 e. The molecule has 23 heavy (non-hydrogen) atoms. The van der Waals surface area contributed by atoms with Crippen molar-refractivity contribution >= 4 is 27.3 Å². The summed E-state index contributed by atoms with van der Waals surface area (Å²) in [4.78, 5) is 4.78. The summed E-state index contributed by atoms with van der Waals surface area (Å²) in [6.45, 7) is 6.63. The van der Waals surface area contributed by atoms with Crippen LogP contribution in [0.1, 0.15) is 36.6 Å². The molecule has 0 unspecified atom stereocenters. The number of rotatable bonds is 3. The lowest BCUT2D eigenvalue weighted by Crippen LogP contribution is -1.99. The summed E-state index contributed by atoms with van der Waals surface area (Å²) in [6.07, 6.45) is 5.55. The highest BCUT2D eigenvalue weighted by molar-refractivity contribution is 6.12. The van der Waals surface area contributed by atoms with E-state index in [0.29, 0.717) is 0 Å². The maximum atomic E-state index is 4.78. The van der Waals surface area contributed by atoms with E-state index in [0.717, 1.165) is 12.1 Å². The van der Waals surface area contributed by atoms with Crippen LogP contribution in [0.3, 0.4) is 0 Å². The Labute approximate surface area is 136 Å². The van der Waals surface area contributed by atoms with Crippen LogP contribution in [0.4, 0.5) is 0 Å². The number of pyridine rings is 1. The molecule has 4 aromatic rings. The van der Waals surface area contributed by atoms with Gasteiger partial charge in [-0.3, -0.25) is 4.40 Å². The van der Waals surface area contributed by atoms with Crippen LogP contribution in [0, 0.1) is 13.8 Å². The Kier molecular flexibility index (Phi) is 3.33. The highest BCUT2D eigenvalue weighted by atomic mass is 15.0. The number of aromatic nitrogens is 2.